The molecule has 0 aliphatic rings. The van der Waals surface area contributed by atoms with Crippen LogP contribution in [0.15, 0.2) is 0 Å². The van der Waals surface area contributed by atoms with E-state index in [1.807, 2.05) is 0 Å². The smallest absolute Gasteiger partial charge is 0.230 e. The molecule has 0 bridgehead atoms. The van der Waals surface area contributed by atoms with Crippen molar-refractivity contribution in [2.75, 3.05) is 19.6 Å². The van der Waals surface area contributed by atoms with Crippen LogP contribution in [0.5, 0.6) is 0 Å². The van der Waals surface area contributed by atoms with Crippen LogP contribution in [-0.4, -0.2) is 30.4 Å². The zero-order chi connectivity index (χ0) is 15.4. The lowest BCUT2D eigenvalue weighted by Gasteiger charge is -2.35. The molecule has 0 saturated heterocycles. The van der Waals surface area contributed by atoms with Crippen LogP contribution in [-0.2, 0) is 4.79 Å². The van der Waals surface area contributed by atoms with E-state index >= 15 is 0 Å². The maximum atomic E-state index is 12.9. The minimum atomic E-state index is -0.335. The predicted octanol–water partition coefficient (Wildman–Crippen LogP) is 3.96. The van der Waals surface area contributed by atoms with E-state index in [2.05, 4.69) is 32.6 Å². The second-order valence-corrected chi connectivity index (χ2v) is 5.90. The van der Waals surface area contributed by atoms with Gasteiger partial charge in [-0.3, -0.25) is 4.79 Å². The van der Waals surface area contributed by atoms with Gasteiger partial charge in [0, 0.05) is 19.6 Å². The van der Waals surface area contributed by atoms with Gasteiger partial charge in [-0.2, -0.15) is 0 Å². The molecule has 20 heavy (non-hydrogen) atoms. The van der Waals surface area contributed by atoms with Crippen LogP contribution < -0.4 is 5.73 Å². The Morgan fingerprint density at radius 1 is 0.900 bits per heavy atom. The van der Waals surface area contributed by atoms with Crippen molar-refractivity contribution in [1.29, 1.82) is 0 Å². The van der Waals surface area contributed by atoms with Gasteiger partial charge in [0.05, 0.1) is 5.41 Å². The first-order valence-electron chi connectivity index (χ1n) is 8.61. The van der Waals surface area contributed by atoms with Crippen molar-refractivity contribution in [3.8, 4) is 0 Å². The summed E-state index contributed by atoms with van der Waals surface area (Å²) >= 11 is 0. The largest absolute Gasteiger partial charge is 0.342 e. The first kappa shape index (κ1) is 19.4. The highest BCUT2D eigenvalue weighted by molar-refractivity contribution is 5.83. The molecule has 0 saturated carbocycles. The molecule has 0 spiro atoms. The van der Waals surface area contributed by atoms with E-state index in [0.29, 0.717) is 6.54 Å². The number of carbonyl (C=O) groups excluding carboxylic acids is 1. The van der Waals surface area contributed by atoms with Gasteiger partial charge in [-0.25, -0.2) is 0 Å². The van der Waals surface area contributed by atoms with Crippen LogP contribution in [0.2, 0.25) is 0 Å². The summed E-state index contributed by atoms with van der Waals surface area (Å²) in [5.74, 6) is 0.289. The number of rotatable bonds is 12. The molecule has 3 heteroatoms. The molecule has 0 aliphatic heterocycles. The van der Waals surface area contributed by atoms with Gasteiger partial charge >= 0.3 is 0 Å². The number of amides is 1. The van der Waals surface area contributed by atoms with Crippen LogP contribution in [0.25, 0.3) is 0 Å². The molecule has 0 rings (SSSR count). The molecule has 1 amide bonds. The van der Waals surface area contributed by atoms with Gasteiger partial charge in [0.15, 0.2) is 0 Å². The summed E-state index contributed by atoms with van der Waals surface area (Å²) in [6.07, 6.45) is 8.71. The quantitative estimate of drug-likeness (QED) is 0.551. The van der Waals surface area contributed by atoms with E-state index in [4.69, 9.17) is 5.73 Å². The average molecular weight is 284 g/mol. The van der Waals surface area contributed by atoms with Gasteiger partial charge in [0.25, 0.3) is 0 Å². The van der Waals surface area contributed by atoms with Crippen molar-refractivity contribution >= 4 is 5.91 Å². The normalized spacial score (nSPS) is 11.7. The first-order chi connectivity index (χ1) is 9.61. The molecule has 0 fully saturated rings. The maximum absolute atomic E-state index is 12.9. The Morgan fingerprint density at radius 2 is 1.35 bits per heavy atom. The third kappa shape index (κ3) is 5.82. The Labute approximate surface area is 126 Å². The third-order valence-corrected chi connectivity index (χ3v) is 4.55. The number of nitrogens with zero attached hydrogens (tertiary/aromatic N) is 1. The standard InChI is InChI=1S/C17H36N2O/c1-5-9-11-13-19(14-12-10-6-2)16(20)17(7-3,8-4)15-18/h5-15,18H2,1-4H3. The molecular formula is C17H36N2O. The van der Waals surface area contributed by atoms with Crippen LogP contribution >= 0.6 is 0 Å². The fourth-order valence-corrected chi connectivity index (χ4v) is 2.68. The second kappa shape index (κ2) is 11.1. The highest BCUT2D eigenvalue weighted by Gasteiger charge is 2.36. The van der Waals surface area contributed by atoms with Gasteiger partial charge in [0.2, 0.25) is 5.91 Å². The summed E-state index contributed by atoms with van der Waals surface area (Å²) in [7, 11) is 0. The third-order valence-electron chi connectivity index (χ3n) is 4.55. The maximum Gasteiger partial charge on any atom is 0.230 e. The van der Waals surface area contributed by atoms with Gasteiger partial charge in [-0.05, 0) is 25.7 Å². The first-order valence-corrected chi connectivity index (χ1v) is 8.61. The molecule has 0 aromatic heterocycles. The molecule has 0 aliphatic carbocycles. The summed E-state index contributed by atoms with van der Waals surface area (Å²) in [6, 6.07) is 0. The number of hydrogen-bond acceptors (Lipinski definition) is 2. The fourth-order valence-electron chi connectivity index (χ4n) is 2.68. The van der Waals surface area contributed by atoms with Gasteiger partial charge in [-0.1, -0.05) is 53.4 Å². The Balaban J connectivity index is 4.73. The van der Waals surface area contributed by atoms with Crippen molar-refractivity contribution in [3.63, 3.8) is 0 Å². The van der Waals surface area contributed by atoms with Gasteiger partial charge < -0.3 is 10.6 Å². The molecule has 3 nitrogen and oxygen atoms in total. The highest BCUT2D eigenvalue weighted by Crippen LogP contribution is 2.28. The van der Waals surface area contributed by atoms with Gasteiger partial charge in [-0.15, -0.1) is 0 Å². The molecular weight excluding hydrogens is 248 g/mol. The number of hydrogen-bond donors (Lipinski definition) is 1. The summed E-state index contributed by atoms with van der Waals surface area (Å²) in [5.41, 5.74) is 5.59. The summed E-state index contributed by atoms with van der Waals surface area (Å²) in [4.78, 5) is 15.0. The van der Waals surface area contributed by atoms with E-state index < -0.39 is 0 Å². The summed E-state index contributed by atoms with van der Waals surface area (Å²) in [5, 5.41) is 0. The lowest BCUT2D eigenvalue weighted by molar-refractivity contribution is -0.142. The van der Waals surface area contributed by atoms with Crippen molar-refractivity contribution in [2.45, 2.75) is 79.1 Å². The predicted molar refractivity (Wildman–Crippen MR) is 87.7 cm³/mol. The topological polar surface area (TPSA) is 46.3 Å². The Morgan fingerprint density at radius 3 is 1.65 bits per heavy atom. The Hall–Kier alpha value is -0.570. The number of unbranched alkanes of at least 4 members (excludes halogenated alkanes) is 4. The minimum Gasteiger partial charge on any atom is -0.342 e. The summed E-state index contributed by atoms with van der Waals surface area (Å²) < 4.78 is 0. The molecule has 0 unspecified atom stereocenters. The lowest BCUT2D eigenvalue weighted by atomic mass is 9.80. The average Bonchev–Trinajstić information content (AvgIpc) is 2.48. The second-order valence-electron chi connectivity index (χ2n) is 5.90. The molecule has 0 heterocycles. The van der Waals surface area contributed by atoms with E-state index in [9.17, 15) is 4.79 Å². The van der Waals surface area contributed by atoms with E-state index in [-0.39, 0.29) is 11.3 Å². The summed E-state index contributed by atoms with van der Waals surface area (Å²) in [6.45, 7) is 10.8. The van der Waals surface area contributed by atoms with Crippen LogP contribution in [0.1, 0.15) is 79.1 Å². The monoisotopic (exact) mass is 284 g/mol. The molecule has 120 valence electrons. The van der Waals surface area contributed by atoms with Crippen LogP contribution in [0.4, 0.5) is 0 Å². The van der Waals surface area contributed by atoms with Gasteiger partial charge in [0.1, 0.15) is 0 Å². The molecule has 0 aromatic carbocycles. The van der Waals surface area contributed by atoms with Crippen molar-refractivity contribution in [3.05, 3.63) is 0 Å². The number of carbonyl (C=O) groups is 1. The zero-order valence-corrected chi connectivity index (χ0v) is 14.2. The van der Waals surface area contributed by atoms with Crippen molar-refractivity contribution < 1.29 is 4.79 Å². The Kier molecular flexibility index (Phi) is 10.8. The molecule has 2 N–H and O–H groups in total. The van der Waals surface area contributed by atoms with E-state index in [1.165, 1.54) is 25.7 Å². The molecule has 0 aromatic rings. The SMILES string of the molecule is CCCCCN(CCCCC)C(=O)C(CC)(CC)CN. The van der Waals surface area contributed by atoms with Crippen molar-refractivity contribution in [2.24, 2.45) is 11.1 Å². The number of nitrogens with two attached hydrogens (primary N) is 1. The minimum absolute atomic E-state index is 0.289. The lowest BCUT2D eigenvalue weighted by Crippen LogP contribution is -2.48. The van der Waals surface area contributed by atoms with Crippen LogP contribution in [0.3, 0.4) is 0 Å². The Bertz CT molecular complexity index is 231. The fraction of sp³-hybridized carbons (Fsp3) is 0.941. The van der Waals surface area contributed by atoms with E-state index in [0.717, 1.165) is 38.8 Å². The molecule has 0 radical (unpaired) electrons. The zero-order valence-electron chi connectivity index (χ0n) is 14.2. The van der Waals surface area contributed by atoms with Crippen molar-refractivity contribution in [1.82, 2.24) is 4.90 Å². The van der Waals surface area contributed by atoms with Crippen LogP contribution in [0, 0.1) is 5.41 Å². The highest BCUT2D eigenvalue weighted by atomic mass is 16.2. The molecule has 0 atom stereocenters. The van der Waals surface area contributed by atoms with E-state index in [1.54, 1.807) is 0 Å².